The van der Waals surface area contributed by atoms with E-state index in [-0.39, 0.29) is 0 Å². The van der Waals surface area contributed by atoms with Crippen molar-refractivity contribution >= 4 is 0 Å². The van der Waals surface area contributed by atoms with Crippen molar-refractivity contribution in [3.63, 3.8) is 0 Å². The first-order chi connectivity index (χ1) is 7.72. The van der Waals surface area contributed by atoms with Gasteiger partial charge in [-0.25, -0.2) is 0 Å². The second-order valence-electron chi connectivity index (χ2n) is 4.41. The minimum absolute atomic E-state index is 0.343. The van der Waals surface area contributed by atoms with Crippen LogP contribution < -0.4 is 0 Å². The average molecular weight is 216 g/mol. The molecule has 0 spiro atoms. The third-order valence-corrected chi connectivity index (χ3v) is 2.55. The summed E-state index contributed by atoms with van der Waals surface area (Å²) in [6.07, 6.45) is 6.38. The van der Waals surface area contributed by atoms with Gasteiger partial charge < -0.3 is 4.74 Å². The summed E-state index contributed by atoms with van der Waals surface area (Å²) in [6.45, 7) is 5.73. The summed E-state index contributed by atoms with van der Waals surface area (Å²) >= 11 is 0. The molecular weight excluding hydrogens is 196 g/mol. The Morgan fingerprint density at radius 2 is 1.94 bits per heavy atom. The molecule has 0 bridgehead atoms. The Morgan fingerprint density at radius 3 is 2.56 bits per heavy atom. The molecule has 0 radical (unpaired) electrons. The Kier molecular flexibility index (Phi) is 5.67. The van der Waals surface area contributed by atoms with Crippen LogP contribution in [0.2, 0.25) is 0 Å². The second-order valence-corrected chi connectivity index (χ2v) is 4.41. The highest BCUT2D eigenvalue weighted by Crippen LogP contribution is 2.12. The Bertz CT molecular complexity index is 323. The maximum Gasteiger partial charge on any atom is 0.0717 e. The van der Waals surface area contributed by atoms with Crippen LogP contribution in [-0.4, -0.2) is 6.61 Å². The van der Waals surface area contributed by atoms with E-state index >= 15 is 0 Å². The fourth-order valence-electron chi connectivity index (χ4n) is 1.69. The van der Waals surface area contributed by atoms with Crippen molar-refractivity contribution in [2.24, 2.45) is 11.8 Å². The first kappa shape index (κ1) is 12.8. The summed E-state index contributed by atoms with van der Waals surface area (Å²) < 4.78 is 5.66. The largest absolute Gasteiger partial charge is 0.376 e. The molecule has 86 valence electrons. The lowest BCUT2D eigenvalue weighted by Gasteiger charge is -2.13. The van der Waals surface area contributed by atoms with Crippen molar-refractivity contribution < 1.29 is 4.74 Å². The van der Waals surface area contributed by atoms with Crippen LogP contribution in [-0.2, 0) is 11.3 Å². The van der Waals surface area contributed by atoms with Gasteiger partial charge in [-0.2, -0.15) is 0 Å². The fourth-order valence-corrected chi connectivity index (χ4v) is 1.69. The minimum Gasteiger partial charge on any atom is -0.376 e. The first-order valence-corrected chi connectivity index (χ1v) is 5.80. The normalized spacial score (nSPS) is 14.1. The summed E-state index contributed by atoms with van der Waals surface area (Å²) in [5.41, 5.74) is 1.22. The van der Waals surface area contributed by atoms with Gasteiger partial charge in [-0.1, -0.05) is 44.2 Å². The molecule has 0 N–H and O–H groups in total. The number of benzene rings is 1. The molecule has 16 heavy (non-hydrogen) atoms. The summed E-state index contributed by atoms with van der Waals surface area (Å²) in [7, 11) is 0. The molecule has 0 aliphatic carbocycles. The molecule has 0 fully saturated rings. The maximum atomic E-state index is 5.66. The molecule has 0 aliphatic heterocycles. The van der Waals surface area contributed by atoms with E-state index in [0.717, 1.165) is 13.0 Å². The van der Waals surface area contributed by atoms with Crippen LogP contribution >= 0.6 is 0 Å². The highest BCUT2D eigenvalue weighted by Gasteiger charge is 2.06. The average Bonchev–Trinajstić information content (AvgIpc) is 2.30. The zero-order valence-electron chi connectivity index (χ0n) is 10.1. The van der Waals surface area contributed by atoms with Gasteiger partial charge in [-0.15, -0.1) is 12.3 Å². The number of ether oxygens (including phenoxy) is 1. The summed E-state index contributed by atoms with van der Waals surface area (Å²) in [4.78, 5) is 0. The number of hydrogen-bond acceptors (Lipinski definition) is 1. The van der Waals surface area contributed by atoms with Crippen LogP contribution in [0.5, 0.6) is 0 Å². The predicted octanol–water partition coefficient (Wildman–Crippen LogP) is 3.50. The Hall–Kier alpha value is -1.26. The van der Waals surface area contributed by atoms with E-state index in [1.54, 1.807) is 0 Å². The van der Waals surface area contributed by atoms with Gasteiger partial charge in [-0.05, 0) is 17.9 Å². The minimum atomic E-state index is 0.343. The predicted molar refractivity (Wildman–Crippen MR) is 67.9 cm³/mol. The van der Waals surface area contributed by atoms with E-state index in [0.29, 0.717) is 18.4 Å². The second kappa shape index (κ2) is 7.09. The quantitative estimate of drug-likeness (QED) is 0.661. The molecule has 1 heteroatoms. The third kappa shape index (κ3) is 5.00. The molecule has 0 heterocycles. The first-order valence-electron chi connectivity index (χ1n) is 5.80. The highest BCUT2D eigenvalue weighted by atomic mass is 16.5. The van der Waals surface area contributed by atoms with Gasteiger partial charge in [0.25, 0.3) is 0 Å². The van der Waals surface area contributed by atoms with Gasteiger partial charge in [0.1, 0.15) is 0 Å². The summed E-state index contributed by atoms with van der Waals surface area (Å²) in [6, 6.07) is 10.2. The van der Waals surface area contributed by atoms with Crippen LogP contribution in [0, 0.1) is 24.2 Å². The number of rotatable bonds is 6. The zero-order valence-corrected chi connectivity index (χ0v) is 10.1. The van der Waals surface area contributed by atoms with Crippen LogP contribution in [0.25, 0.3) is 0 Å². The van der Waals surface area contributed by atoms with Gasteiger partial charge in [0.05, 0.1) is 6.61 Å². The van der Waals surface area contributed by atoms with Crippen molar-refractivity contribution in [3.05, 3.63) is 35.9 Å². The van der Waals surface area contributed by atoms with E-state index in [2.05, 4.69) is 31.9 Å². The molecule has 0 unspecified atom stereocenters. The molecule has 1 nitrogen and oxygen atoms in total. The molecule has 0 saturated carbocycles. The lowest BCUT2D eigenvalue weighted by atomic mass is 9.99. The monoisotopic (exact) mass is 216 g/mol. The maximum absolute atomic E-state index is 5.66. The third-order valence-electron chi connectivity index (χ3n) is 2.55. The van der Waals surface area contributed by atoms with Gasteiger partial charge in [0, 0.05) is 12.5 Å². The van der Waals surface area contributed by atoms with Crippen molar-refractivity contribution in [1.29, 1.82) is 0 Å². The SMILES string of the molecule is C#C[C@H](C)C[C@H](C)COCc1ccccc1. The molecule has 0 aromatic heterocycles. The summed E-state index contributed by atoms with van der Waals surface area (Å²) in [5, 5.41) is 0. The van der Waals surface area contributed by atoms with Gasteiger partial charge in [0.2, 0.25) is 0 Å². The topological polar surface area (TPSA) is 9.23 Å². The van der Waals surface area contributed by atoms with Gasteiger partial charge >= 0.3 is 0 Å². The molecule has 0 aliphatic rings. The lowest BCUT2D eigenvalue weighted by molar-refractivity contribution is 0.0871. The Balaban J connectivity index is 2.19. The molecule has 2 atom stereocenters. The van der Waals surface area contributed by atoms with Crippen LogP contribution in [0.4, 0.5) is 0 Å². The standard InChI is InChI=1S/C15H20O/c1-4-13(2)10-14(3)11-16-12-15-8-6-5-7-9-15/h1,5-9,13-14H,10-12H2,2-3H3/t13-,14-/m0/s1. The van der Waals surface area contributed by atoms with E-state index < -0.39 is 0 Å². The number of terminal acetylenes is 1. The van der Waals surface area contributed by atoms with Gasteiger partial charge in [-0.3, -0.25) is 0 Å². The molecule has 0 saturated heterocycles. The summed E-state index contributed by atoms with van der Waals surface area (Å²) in [5.74, 6) is 3.61. The smallest absolute Gasteiger partial charge is 0.0717 e. The van der Waals surface area contributed by atoms with Crippen LogP contribution in [0.1, 0.15) is 25.8 Å². The van der Waals surface area contributed by atoms with E-state index in [1.165, 1.54) is 5.56 Å². The van der Waals surface area contributed by atoms with Crippen molar-refractivity contribution in [1.82, 2.24) is 0 Å². The lowest BCUT2D eigenvalue weighted by Crippen LogP contribution is -2.09. The van der Waals surface area contributed by atoms with Crippen molar-refractivity contribution in [2.75, 3.05) is 6.61 Å². The highest BCUT2D eigenvalue weighted by molar-refractivity contribution is 5.13. The molecule has 0 amide bonds. The fraction of sp³-hybridized carbons (Fsp3) is 0.467. The van der Waals surface area contributed by atoms with Crippen molar-refractivity contribution in [2.45, 2.75) is 26.9 Å². The van der Waals surface area contributed by atoms with Gasteiger partial charge in [0.15, 0.2) is 0 Å². The Morgan fingerprint density at radius 1 is 1.25 bits per heavy atom. The molecular formula is C15H20O. The van der Waals surface area contributed by atoms with E-state index in [9.17, 15) is 0 Å². The van der Waals surface area contributed by atoms with Crippen LogP contribution in [0.15, 0.2) is 30.3 Å². The number of hydrogen-bond donors (Lipinski definition) is 0. The zero-order chi connectivity index (χ0) is 11.8. The molecule has 1 aromatic carbocycles. The molecule has 1 aromatic rings. The van der Waals surface area contributed by atoms with Crippen molar-refractivity contribution in [3.8, 4) is 12.3 Å². The molecule has 1 rings (SSSR count). The van der Waals surface area contributed by atoms with Crippen LogP contribution in [0.3, 0.4) is 0 Å². The Labute approximate surface area is 98.8 Å². The van der Waals surface area contributed by atoms with E-state index in [1.807, 2.05) is 18.2 Å². The van der Waals surface area contributed by atoms with E-state index in [4.69, 9.17) is 11.2 Å².